The highest BCUT2D eigenvalue weighted by atomic mass is 16.5. The van der Waals surface area contributed by atoms with E-state index in [-0.39, 0.29) is 11.7 Å². The van der Waals surface area contributed by atoms with Crippen molar-refractivity contribution >= 4 is 11.7 Å². The standard InChI is InChI=1S/C12H19N3O4/c1-2-19-10(16)6-4-3-5-7-15-8-9(13)11(17)14-12(15)18/h8H,2-7,13H2,1H3,(H,14,17,18). The average Bonchev–Trinajstić information content (AvgIpc) is 2.35. The molecule has 0 aromatic carbocycles. The van der Waals surface area contributed by atoms with E-state index in [9.17, 15) is 14.4 Å². The van der Waals surface area contributed by atoms with Crippen molar-refractivity contribution in [2.75, 3.05) is 12.3 Å². The normalized spacial score (nSPS) is 10.4. The minimum Gasteiger partial charge on any atom is -0.466 e. The minimum atomic E-state index is -0.566. The molecule has 0 unspecified atom stereocenters. The number of anilines is 1. The van der Waals surface area contributed by atoms with E-state index < -0.39 is 11.2 Å². The van der Waals surface area contributed by atoms with E-state index in [1.807, 2.05) is 0 Å². The zero-order valence-electron chi connectivity index (χ0n) is 11.0. The number of carbonyl (C=O) groups excluding carboxylic acids is 1. The molecule has 1 heterocycles. The number of unbranched alkanes of at least 4 members (excludes halogenated alkanes) is 2. The molecule has 0 aliphatic carbocycles. The van der Waals surface area contributed by atoms with E-state index in [0.29, 0.717) is 26.0 Å². The van der Waals surface area contributed by atoms with Crippen molar-refractivity contribution in [2.45, 2.75) is 39.2 Å². The molecule has 0 radical (unpaired) electrons. The summed E-state index contributed by atoms with van der Waals surface area (Å²) in [6, 6.07) is 0. The smallest absolute Gasteiger partial charge is 0.328 e. The van der Waals surface area contributed by atoms with Gasteiger partial charge in [-0.3, -0.25) is 19.1 Å². The molecular weight excluding hydrogens is 250 g/mol. The van der Waals surface area contributed by atoms with Gasteiger partial charge >= 0.3 is 11.7 Å². The van der Waals surface area contributed by atoms with Crippen LogP contribution in [0.1, 0.15) is 32.6 Å². The van der Waals surface area contributed by atoms with E-state index >= 15 is 0 Å². The van der Waals surface area contributed by atoms with Gasteiger partial charge in [-0.05, 0) is 19.8 Å². The summed E-state index contributed by atoms with van der Waals surface area (Å²) in [5.41, 5.74) is 4.41. The number of nitrogens with zero attached hydrogens (tertiary/aromatic N) is 1. The number of aryl methyl sites for hydroxylation is 1. The predicted molar refractivity (Wildman–Crippen MR) is 70.8 cm³/mol. The predicted octanol–water partition coefficient (Wildman–Crippen LogP) is 0.242. The highest BCUT2D eigenvalue weighted by Crippen LogP contribution is 2.03. The van der Waals surface area contributed by atoms with Crippen molar-refractivity contribution in [1.82, 2.24) is 9.55 Å². The summed E-state index contributed by atoms with van der Waals surface area (Å²) in [5, 5.41) is 0. The molecule has 0 aliphatic heterocycles. The fourth-order valence-corrected chi connectivity index (χ4v) is 1.65. The Labute approximate surface area is 110 Å². The second-order valence-corrected chi connectivity index (χ2v) is 4.15. The Hall–Kier alpha value is -2.05. The molecule has 1 aromatic heterocycles. The van der Waals surface area contributed by atoms with Gasteiger partial charge in [0.15, 0.2) is 0 Å². The number of nitrogens with two attached hydrogens (primary N) is 1. The lowest BCUT2D eigenvalue weighted by Gasteiger charge is -2.05. The van der Waals surface area contributed by atoms with Gasteiger partial charge in [-0.1, -0.05) is 6.42 Å². The zero-order valence-corrected chi connectivity index (χ0v) is 11.0. The van der Waals surface area contributed by atoms with Gasteiger partial charge in [0.2, 0.25) is 0 Å². The molecule has 0 atom stereocenters. The first-order valence-corrected chi connectivity index (χ1v) is 6.29. The lowest BCUT2D eigenvalue weighted by atomic mass is 10.2. The average molecular weight is 269 g/mol. The number of nitrogens with one attached hydrogen (secondary N) is 1. The summed E-state index contributed by atoms with van der Waals surface area (Å²) < 4.78 is 6.17. The third-order valence-corrected chi connectivity index (χ3v) is 2.62. The Morgan fingerprint density at radius 3 is 2.79 bits per heavy atom. The molecule has 0 bridgehead atoms. The number of nitrogen functional groups attached to an aromatic ring is 1. The minimum absolute atomic E-state index is 0.0196. The molecule has 7 nitrogen and oxygen atoms in total. The molecule has 1 aromatic rings. The number of rotatable bonds is 7. The van der Waals surface area contributed by atoms with E-state index in [2.05, 4.69) is 4.98 Å². The van der Waals surface area contributed by atoms with Gasteiger partial charge < -0.3 is 10.5 Å². The molecule has 19 heavy (non-hydrogen) atoms. The first-order valence-electron chi connectivity index (χ1n) is 6.29. The van der Waals surface area contributed by atoms with Crippen LogP contribution in [0.15, 0.2) is 15.8 Å². The van der Waals surface area contributed by atoms with Crippen molar-refractivity contribution in [2.24, 2.45) is 0 Å². The fraction of sp³-hybridized carbons (Fsp3) is 0.583. The maximum absolute atomic E-state index is 11.4. The molecule has 0 amide bonds. The summed E-state index contributed by atoms with van der Waals surface area (Å²) >= 11 is 0. The molecule has 106 valence electrons. The molecule has 7 heteroatoms. The first-order chi connectivity index (χ1) is 9.04. The molecule has 0 fully saturated rings. The summed E-state index contributed by atoms with van der Waals surface area (Å²) in [7, 11) is 0. The van der Waals surface area contributed by atoms with Crippen molar-refractivity contribution in [3.05, 3.63) is 27.0 Å². The number of carbonyl (C=O) groups is 1. The SMILES string of the molecule is CCOC(=O)CCCCCn1cc(N)c(=O)[nH]c1=O. The monoisotopic (exact) mass is 269 g/mol. The van der Waals surface area contributed by atoms with Gasteiger partial charge in [0, 0.05) is 19.2 Å². The summed E-state index contributed by atoms with van der Waals surface area (Å²) in [6.45, 7) is 2.62. The van der Waals surface area contributed by atoms with Crippen LogP contribution >= 0.6 is 0 Å². The third-order valence-electron chi connectivity index (χ3n) is 2.62. The Morgan fingerprint density at radius 2 is 2.11 bits per heavy atom. The van der Waals surface area contributed by atoms with E-state index in [1.165, 1.54) is 10.8 Å². The number of ether oxygens (including phenoxy) is 1. The van der Waals surface area contributed by atoms with Crippen LogP contribution in [-0.2, 0) is 16.1 Å². The fourth-order valence-electron chi connectivity index (χ4n) is 1.65. The van der Waals surface area contributed by atoms with Crippen LogP contribution in [-0.4, -0.2) is 22.1 Å². The lowest BCUT2D eigenvalue weighted by molar-refractivity contribution is -0.143. The molecular formula is C12H19N3O4. The van der Waals surface area contributed by atoms with E-state index in [4.69, 9.17) is 10.5 Å². The van der Waals surface area contributed by atoms with Crippen LogP contribution in [0.4, 0.5) is 5.69 Å². The van der Waals surface area contributed by atoms with Crippen molar-refractivity contribution in [3.8, 4) is 0 Å². The van der Waals surface area contributed by atoms with Gasteiger partial charge in [-0.25, -0.2) is 4.79 Å². The lowest BCUT2D eigenvalue weighted by Crippen LogP contribution is -2.31. The second kappa shape index (κ2) is 7.40. The van der Waals surface area contributed by atoms with Crippen LogP contribution in [0.3, 0.4) is 0 Å². The maximum atomic E-state index is 11.4. The number of H-pyrrole nitrogens is 1. The second-order valence-electron chi connectivity index (χ2n) is 4.15. The largest absolute Gasteiger partial charge is 0.466 e. The number of aromatic nitrogens is 2. The van der Waals surface area contributed by atoms with Crippen LogP contribution in [0.2, 0.25) is 0 Å². The number of esters is 1. The Balaban J connectivity index is 2.34. The van der Waals surface area contributed by atoms with Gasteiger partial charge in [0.05, 0.1) is 6.61 Å². The van der Waals surface area contributed by atoms with Crippen LogP contribution in [0.5, 0.6) is 0 Å². The van der Waals surface area contributed by atoms with E-state index in [0.717, 1.165) is 12.8 Å². The van der Waals surface area contributed by atoms with Gasteiger partial charge in [0.1, 0.15) is 5.69 Å². The molecule has 3 N–H and O–H groups in total. The van der Waals surface area contributed by atoms with E-state index in [1.54, 1.807) is 6.92 Å². The van der Waals surface area contributed by atoms with Crippen LogP contribution in [0.25, 0.3) is 0 Å². The Kier molecular flexibility index (Phi) is 5.84. The van der Waals surface area contributed by atoms with Crippen molar-refractivity contribution in [3.63, 3.8) is 0 Å². The molecule has 0 saturated carbocycles. The Morgan fingerprint density at radius 1 is 1.37 bits per heavy atom. The summed E-state index contributed by atoms with van der Waals surface area (Å²) in [6.07, 6.45) is 3.96. The third kappa shape index (κ3) is 4.99. The topological polar surface area (TPSA) is 107 Å². The van der Waals surface area contributed by atoms with Gasteiger partial charge in [-0.2, -0.15) is 0 Å². The number of hydrogen-bond donors (Lipinski definition) is 2. The molecule has 0 aliphatic rings. The first kappa shape index (κ1) is 15.0. The Bertz CT molecular complexity index is 533. The van der Waals surface area contributed by atoms with Gasteiger partial charge in [-0.15, -0.1) is 0 Å². The highest BCUT2D eigenvalue weighted by molar-refractivity contribution is 5.69. The van der Waals surface area contributed by atoms with Gasteiger partial charge in [0.25, 0.3) is 5.56 Å². The van der Waals surface area contributed by atoms with Crippen molar-refractivity contribution < 1.29 is 9.53 Å². The quantitative estimate of drug-likeness (QED) is 0.544. The van der Waals surface area contributed by atoms with Crippen LogP contribution in [0, 0.1) is 0 Å². The van der Waals surface area contributed by atoms with Crippen molar-refractivity contribution in [1.29, 1.82) is 0 Å². The summed E-state index contributed by atoms with van der Waals surface area (Å²) in [4.78, 5) is 35.7. The summed E-state index contributed by atoms with van der Waals surface area (Å²) in [5.74, 6) is -0.201. The maximum Gasteiger partial charge on any atom is 0.328 e. The molecule has 0 saturated heterocycles. The van der Waals surface area contributed by atoms with Crippen LogP contribution < -0.4 is 17.0 Å². The number of hydrogen-bond acceptors (Lipinski definition) is 5. The molecule has 0 spiro atoms. The zero-order chi connectivity index (χ0) is 14.3. The number of aromatic amines is 1. The molecule has 1 rings (SSSR count). The highest BCUT2D eigenvalue weighted by Gasteiger charge is 2.03.